The van der Waals surface area contributed by atoms with Gasteiger partial charge in [-0.15, -0.1) is 0 Å². The van der Waals surface area contributed by atoms with Crippen LogP contribution in [0.3, 0.4) is 0 Å². The minimum absolute atomic E-state index is 0.0276. The molecule has 0 aliphatic carbocycles. The van der Waals surface area contributed by atoms with Gasteiger partial charge in [0.05, 0.1) is 18.9 Å². The van der Waals surface area contributed by atoms with Crippen molar-refractivity contribution in [1.82, 2.24) is 5.32 Å². The van der Waals surface area contributed by atoms with Gasteiger partial charge in [0.2, 0.25) is 0 Å². The Bertz CT molecular complexity index is 500. The number of nitrogens with one attached hydrogen (secondary N) is 1. The maximum absolute atomic E-state index is 12.8. The van der Waals surface area contributed by atoms with Crippen LogP contribution in [-0.2, 0) is 9.59 Å². The lowest BCUT2D eigenvalue weighted by Crippen LogP contribution is -2.39. The molecule has 0 saturated carbocycles. The first-order chi connectivity index (χ1) is 9.40. The Kier molecular flexibility index (Phi) is 5.79. The second-order valence-corrected chi connectivity index (χ2v) is 4.12. The number of hydrogen-bond acceptors (Lipinski definition) is 4. The first-order valence-corrected chi connectivity index (χ1v) is 5.87. The van der Waals surface area contributed by atoms with Gasteiger partial charge in [-0.1, -0.05) is 0 Å². The van der Waals surface area contributed by atoms with E-state index in [4.69, 9.17) is 10.2 Å². The first kappa shape index (κ1) is 15.8. The van der Waals surface area contributed by atoms with Gasteiger partial charge < -0.3 is 15.5 Å². The molecular weight excluding hydrogens is 269 g/mol. The van der Waals surface area contributed by atoms with Crippen molar-refractivity contribution >= 4 is 17.7 Å². The fourth-order valence-electron chi connectivity index (χ4n) is 1.60. The molecule has 0 aliphatic heterocycles. The Morgan fingerprint density at radius 1 is 1.10 bits per heavy atom. The molecule has 0 bridgehead atoms. The number of carboxylic acids is 2. The topological polar surface area (TPSA) is 104 Å². The molecule has 0 fully saturated rings. The molecule has 1 aromatic carbocycles. The van der Waals surface area contributed by atoms with E-state index < -0.39 is 36.0 Å². The molecule has 0 radical (unpaired) electrons. The Labute approximate surface area is 114 Å². The van der Waals surface area contributed by atoms with E-state index in [0.717, 1.165) is 12.1 Å². The zero-order chi connectivity index (χ0) is 15.1. The average molecular weight is 283 g/mol. The van der Waals surface area contributed by atoms with Crippen LogP contribution in [0.15, 0.2) is 24.3 Å². The van der Waals surface area contributed by atoms with Gasteiger partial charge in [-0.05, 0) is 24.3 Å². The first-order valence-electron chi connectivity index (χ1n) is 5.87. The standard InChI is InChI=1S/C13H14FNO5/c14-9-3-1-8(2-4-9)13(20)10(7-12(18)19)15-6-5-11(16)17/h1-4,10,15H,5-7H2,(H,16,17)(H,18,19). The van der Waals surface area contributed by atoms with Crippen molar-refractivity contribution in [3.8, 4) is 0 Å². The van der Waals surface area contributed by atoms with E-state index in [-0.39, 0.29) is 18.5 Å². The normalized spacial score (nSPS) is 11.8. The van der Waals surface area contributed by atoms with E-state index in [9.17, 15) is 18.8 Å². The van der Waals surface area contributed by atoms with Crippen LogP contribution in [0, 0.1) is 5.82 Å². The fraction of sp³-hybridized carbons (Fsp3) is 0.308. The number of benzene rings is 1. The third-order valence-corrected chi connectivity index (χ3v) is 2.55. The predicted octanol–water partition coefficient (Wildman–Crippen LogP) is 0.916. The summed E-state index contributed by atoms with van der Waals surface area (Å²) in [5.74, 6) is -3.26. The van der Waals surface area contributed by atoms with Crippen LogP contribution in [0.4, 0.5) is 4.39 Å². The molecule has 108 valence electrons. The fourth-order valence-corrected chi connectivity index (χ4v) is 1.60. The largest absolute Gasteiger partial charge is 0.481 e. The Balaban J connectivity index is 2.75. The number of carboxylic acid groups (broad SMARTS) is 2. The maximum atomic E-state index is 12.8. The van der Waals surface area contributed by atoms with Crippen molar-refractivity contribution in [2.24, 2.45) is 0 Å². The maximum Gasteiger partial charge on any atom is 0.305 e. The summed E-state index contributed by atoms with van der Waals surface area (Å²) in [5.41, 5.74) is 0.167. The summed E-state index contributed by atoms with van der Waals surface area (Å²) in [6, 6.07) is 3.67. The summed E-state index contributed by atoms with van der Waals surface area (Å²) >= 11 is 0. The third kappa shape index (κ3) is 5.15. The highest BCUT2D eigenvalue weighted by Crippen LogP contribution is 2.08. The summed E-state index contributed by atoms with van der Waals surface area (Å²) in [6.07, 6.45) is -0.706. The molecule has 1 rings (SSSR count). The van der Waals surface area contributed by atoms with Gasteiger partial charge in [0, 0.05) is 12.1 Å². The van der Waals surface area contributed by atoms with Crippen LogP contribution < -0.4 is 5.32 Å². The van der Waals surface area contributed by atoms with Crippen LogP contribution >= 0.6 is 0 Å². The number of rotatable bonds is 8. The lowest BCUT2D eigenvalue weighted by atomic mass is 10.0. The number of carbonyl (C=O) groups is 3. The highest BCUT2D eigenvalue weighted by molar-refractivity contribution is 6.01. The van der Waals surface area contributed by atoms with Gasteiger partial charge >= 0.3 is 11.9 Å². The molecule has 0 aliphatic rings. The Morgan fingerprint density at radius 3 is 2.20 bits per heavy atom. The summed E-state index contributed by atoms with van der Waals surface area (Å²) in [6.45, 7) is -0.0276. The van der Waals surface area contributed by atoms with Gasteiger partial charge in [-0.3, -0.25) is 14.4 Å². The molecule has 1 aromatic rings. The minimum atomic E-state index is -1.19. The van der Waals surface area contributed by atoms with E-state index in [2.05, 4.69) is 5.32 Å². The molecule has 1 atom stereocenters. The van der Waals surface area contributed by atoms with E-state index in [0.29, 0.717) is 0 Å². The van der Waals surface area contributed by atoms with Gasteiger partial charge in [-0.2, -0.15) is 0 Å². The highest BCUT2D eigenvalue weighted by atomic mass is 19.1. The molecule has 0 spiro atoms. The van der Waals surface area contributed by atoms with Crippen molar-refractivity contribution in [2.75, 3.05) is 6.54 Å². The number of carbonyl (C=O) groups excluding carboxylic acids is 1. The minimum Gasteiger partial charge on any atom is -0.481 e. The van der Waals surface area contributed by atoms with Crippen molar-refractivity contribution in [3.63, 3.8) is 0 Å². The molecule has 1 unspecified atom stereocenters. The number of hydrogen-bond donors (Lipinski definition) is 3. The lowest BCUT2D eigenvalue weighted by Gasteiger charge is -2.15. The van der Waals surface area contributed by atoms with Crippen LogP contribution in [-0.4, -0.2) is 40.5 Å². The zero-order valence-corrected chi connectivity index (χ0v) is 10.5. The average Bonchev–Trinajstić information content (AvgIpc) is 2.37. The third-order valence-electron chi connectivity index (χ3n) is 2.55. The van der Waals surface area contributed by atoms with Gasteiger partial charge in [0.1, 0.15) is 5.82 Å². The monoisotopic (exact) mass is 283 g/mol. The number of ketones is 1. The van der Waals surface area contributed by atoms with Crippen molar-refractivity contribution < 1.29 is 29.0 Å². The van der Waals surface area contributed by atoms with E-state index >= 15 is 0 Å². The summed E-state index contributed by atoms with van der Waals surface area (Å²) in [7, 11) is 0. The molecule has 0 aromatic heterocycles. The van der Waals surface area contributed by atoms with Gasteiger partial charge in [0.15, 0.2) is 5.78 Å². The smallest absolute Gasteiger partial charge is 0.305 e. The second-order valence-electron chi connectivity index (χ2n) is 4.12. The van der Waals surface area contributed by atoms with Crippen LogP contribution in [0.2, 0.25) is 0 Å². The molecule has 20 heavy (non-hydrogen) atoms. The number of aliphatic carboxylic acids is 2. The summed E-state index contributed by atoms with van der Waals surface area (Å²) < 4.78 is 12.8. The molecule has 0 amide bonds. The molecule has 7 heteroatoms. The molecule has 6 nitrogen and oxygen atoms in total. The summed E-state index contributed by atoms with van der Waals surface area (Å²) in [4.78, 5) is 33.2. The Hall–Kier alpha value is -2.28. The van der Waals surface area contributed by atoms with Crippen LogP contribution in [0.1, 0.15) is 23.2 Å². The quantitative estimate of drug-likeness (QED) is 0.613. The number of halogens is 1. The molecule has 0 heterocycles. The SMILES string of the molecule is O=C(O)CCNC(CC(=O)O)C(=O)c1ccc(F)cc1. The van der Waals surface area contributed by atoms with E-state index in [1.54, 1.807) is 0 Å². The van der Waals surface area contributed by atoms with E-state index in [1.807, 2.05) is 0 Å². The zero-order valence-electron chi connectivity index (χ0n) is 10.5. The van der Waals surface area contributed by atoms with Crippen LogP contribution in [0.5, 0.6) is 0 Å². The van der Waals surface area contributed by atoms with Crippen molar-refractivity contribution in [1.29, 1.82) is 0 Å². The van der Waals surface area contributed by atoms with Crippen molar-refractivity contribution in [2.45, 2.75) is 18.9 Å². The van der Waals surface area contributed by atoms with Crippen LogP contribution in [0.25, 0.3) is 0 Å². The van der Waals surface area contributed by atoms with Gasteiger partial charge in [-0.25, -0.2) is 4.39 Å². The Morgan fingerprint density at radius 2 is 1.70 bits per heavy atom. The number of Topliss-reactive ketones (excluding diaryl/α,β-unsaturated/α-hetero) is 1. The summed E-state index contributed by atoms with van der Waals surface area (Å²) in [5, 5.41) is 19.9. The predicted molar refractivity (Wildman–Crippen MR) is 67.0 cm³/mol. The molecular formula is C13H14FNO5. The molecule has 3 N–H and O–H groups in total. The van der Waals surface area contributed by atoms with E-state index in [1.165, 1.54) is 12.1 Å². The van der Waals surface area contributed by atoms with Gasteiger partial charge in [0.25, 0.3) is 0 Å². The lowest BCUT2D eigenvalue weighted by molar-refractivity contribution is -0.137. The molecule has 0 saturated heterocycles. The highest BCUT2D eigenvalue weighted by Gasteiger charge is 2.22. The van der Waals surface area contributed by atoms with Crippen molar-refractivity contribution in [3.05, 3.63) is 35.6 Å². The second kappa shape index (κ2) is 7.34.